The number of Topliss-reactive ketones (excluding diaryl/α,β-unsaturated/α-hetero) is 1. The SMILES string of the molecule is C#CCC(C)C1Cc2cc(C)ccc2C1=O. The van der Waals surface area contributed by atoms with Crippen LogP contribution in [0.3, 0.4) is 0 Å². The summed E-state index contributed by atoms with van der Waals surface area (Å²) in [4.78, 5) is 12.2. The Kier molecular flexibility index (Phi) is 2.83. The van der Waals surface area contributed by atoms with Gasteiger partial charge in [-0.2, -0.15) is 0 Å². The van der Waals surface area contributed by atoms with E-state index in [9.17, 15) is 4.79 Å². The molecule has 1 heteroatoms. The Bertz CT molecular complexity index is 465. The quantitative estimate of drug-likeness (QED) is 0.689. The second-order valence-electron chi connectivity index (χ2n) is 4.72. The van der Waals surface area contributed by atoms with Crippen LogP contribution in [-0.2, 0) is 6.42 Å². The first-order valence-electron chi connectivity index (χ1n) is 5.70. The predicted molar refractivity (Wildman–Crippen MR) is 65.3 cm³/mol. The first-order chi connectivity index (χ1) is 7.63. The van der Waals surface area contributed by atoms with Gasteiger partial charge in [0.25, 0.3) is 0 Å². The molecule has 0 heterocycles. The van der Waals surface area contributed by atoms with Crippen molar-refractivity contribution >= 4 is 5.78 Å². The molecule has 0 aromatic heterocycles. The molecule has 0 fully saturated rings. The van der Waals surface area contributed by atoms with Crippen molar-refractivity contribution < 1.29 is 4.79 Å². The minimum absolute atomic E-state index is 0.0906. The first kappa shape index (κ1) is 11.0. The minimum Gasteiger partial charge on any atom is -0.294 e. The van der Waals surface area contributed by atoms with E-state index in [1.165, 1.54) is 11.1 Å². The molecule has 1 nitrogen and oxygen atoms in total. The number of fused-ring (bicyclic) bond motifs is 1. The Balaban J connectivity index is 2.28. The van der Waals surface area contributed by atoms with Crippen LogP contribution in [0.2, 0.25) is 0 Å². The Morgan fingerprint density at radius 2 is 2.31 bits per heavy atom. The van der Waals surface area contributed by atoms with E-state index in [0.717, 1.165) is 12.0 Å². The summed E-state index contributed by atoms with van der Waals surface area (Å²) in [6, 6.07) is 6.08. The van der Waals surface area contributed by atoms with E-state index >= 15 is 0 Å². The van der Waals surface area contributed by atoms with Crippen molar-refractivity contribution in [1.82, 2.24) is 0 Å². The van der Waals surface area contributed by atoms with Crippen LogP contribution in [0.4, 0.5) is 0 Å². The predicted octanol–water partition coefficient (Wildman–Crippen LogP) is 3.01. The number of hydrogen-bond acceptors (Lipinski definition) is 1. The molecule has 1 aromatic carbocycles. The lowest BCUT2D eigenvalue weighted by atomic mass is 9.88. The third kappa shape index (κ3) is 1.76. The number of benzene rings is 1. The number of aryl methyl sites for hydroxylation is 1. The van der Waals surface area contributed by atoms with Gasteiger partial charge < -0.3 is 0 Å². The molecule has 82 valence electrons. The maximum Gasteiger partial charge on any atom is 0.166 e. The van der Waals surface area contributed by atoms with Crippen molar-refractivity contribution in [3.8, 4) is 12.3 Å². The zero-order chi connectivity index (χ0) is 11.7. The number of ketones is 1. The van der Waals surface area contributed by atoms with Gasteiger partial charge in [0.2, 0.25) is 0 Å². The number of hydrogen-bond donors (Lipinski definition) is 0. The monoisotopic (exact) mass is 212 g/mol. The molecule has 2 unspecified atom stereocenters. The second-order valence-corrected chi connectivity index (χ2v) is 4.72. The van der Waals surface area contributed by atoms with Gasteiger partial charge in [-0.15, -0.1) is 12.3 Å². The highest BCUT2D eigenvalue weighted by Gasteiger charge is 2.33. The molecule has 1 aliphatic rings. The lowest BCUT2D eigenvalue weighted by Crippen LogP contribution is -2.17. The Morgan fingerprint density at radius 1 is 1.56 bits per heavy atom. The zero-order valence-corrected chi connectivity index (χ0v) is 9.79. The zero-order valence-electron chi connectivity index (χ0n) is 9.79. The first-order valence-corrected chi connectivity index (χ1v) is 5.70. The highest BCUT2D eigenvalue weighted by molar-refractivity contribution is 6.02. The second kappa shape index (κ2) is 4.14. The van der Waals surface area contributed by atoms with Gasteiger partial charge in [-0.05, 0) is 24.8 Å². The van der Waals surface area contributed by atoms with E-state index in [4.69, 9.17) is 6.42 Å². The molecule has 1 aliphatic carbocycles. The average molecular weight is 212 g/mol. The van der Waals surface area contributed by atoms with E-state index in [1.807, 2.05) is 12.1 Å². The third-order valence-corrected chi connectivity index (χ3v) is 3.43. The molecule has 0 saturated carbocycles. The lowest BCUT2D eigenvalue weighted by molar-refractivity contribution is 0.0901. The summed E-state index contributed by atoms with van der Waals surface area (Å²) in [6.07, 6.45) is 6.85. The molecule has 0 spiro atoms. The molecule has 0 aliphatic heterocycles. The highest BCUT2D eigenvalue weighted by Crippen LogP contribution is 2.33. The largest absolute Gasteiger partial charge is 0.294 e. The van der Waals surface area contributed by atoms with Crippen LogP contribution in [0.1, 0.15) is 34.8 Å². The Hall–Kier alpha value is -1.55. The Labute approximate surface area is 96.9 Å². The third-order valence-electron chi connectivity index (χ3n) is 3.43. The standard InChI is InChI=1S/C15H16O/c1-4-5-11(3)14-9-12-8-10(2)6-7-13(12)15(14)16/h1,6-8,11,14H,5,9H2,2-3H3. The van der Waals surface area contributed by atoms with Gasteiger partial charge >= 0.3 is 0 Å². The summed E-state index contributed by atoms with van der Waals surface area (Å²) < 4.78 is 0. The highest BCUT2D eigenvalue weighted by atomic mass is 16.1. The van der Waals surface area contributed by atoms with Crippen molar-refractivity contribution in [2.24, 2.45) is 11.8 Å². The van der Waals surface area contributed by atoms with E-state index in [2.05, 4.69) is 25.8 Å². The van der Waals surface area contributed by atoms with Crippen molar-refractivity contribution in [2.75, 3.05) is 0 Å². The van der Waals surface area contributed by atoms with Gasteiger partial charge in [0.15, 0.2) is 5.78 Å². The summed E-state index contributed by atoms with van der Waals surface area (Å²) in [5, 5.41) is 0. The van der Waals surface area contributed by atoms with Crippen molar-refractivity contribution in [2.45, 2.75) is 26.7 Å². The maximum atomic E-state index is 12.2. The van der Waals surface area contributed by atoms with Gasteiger partial charge in [0.05, 0.1) is 0 Å². The summed E-state index contributed by atoms with van der Waals surface area (Å²) >= 11 is 0. The summed E-state index contributed by atoms with van der Waals surface area (Å²) in [6.45, 7) is 4.13. The summed E-state index contributed by atoms with van der Waals surface area (Å²) in [7, 11) is 0. The lowest BCUT2D eigenvalue weighted by Gasteiger charge is -2.14. The molecule has 0 saturated heterocycles. The van der Waals surface area contributed by atoms with Crippen molar-refractivity contribution in [3.63, 3.8) is 0 Å². The molecule has 2 atom stereocenters. The van der Waals surface area contributed by atoms with E-state index < -0.39 is 0 Å². The van der Waals surface area contributed by atoms with Crippen molar-refractivity contribution in [1.29, 1.82) is 0 Å². The smallest absolute Gasteiger partial charge is 0.166 e. The fourth-order valence-corrected chi connectivity index (χ4v) is 2.45. The molecule has 0 N–H and O–H groups in total. The normalized spacial score (nSPS) is 20.3. The maximum absolute atomic E-state index is 12.2. The van der Waals surface area contributed by atoms with Gasteiger partial charge in [-0.3, -0.25) is 4.79 Å². The average Bonchev–Trinajstić information content (AvgIpc) is 2.56. The molecule has 1 aromatic rings. The van der Waals surface area contributed by atoms with Crippen LogP contribution in [-0.4, -0.2) is 5.78 Å². The van der Waals surface area contributed by atoms with Gasteiger partial charge in [0.1, 0.15) is 0 Å². The van der Waals surface area contributed by atoms with Crippen LogP contribution < -0.4 is 0 Å². The van der Waals surface area contributed by atoms with E-state index in [1.54, 1.807) is 0 Å². The van der Waals surface area contributed by atoms with Gasteiger partial charge in [-0.25, -0.2) is 0 Å². The van der Waals surface area contributed by atoms with E-state index in [0.29, 0.717) is 6.42 Å². The minimum atomic E-state index is 0.0906. The van der Waals surface area contributed by atoms with Crippen LogP contribution >= 0.6 is 0 Å². The van der Waals surface area contributed by atoms with Crippen LogP contribution in [0.25, 0.3) is 0 Å². The van der Waals surface area contributed by atoms with Gasteiger partial charge in [0, 0.05) is 17.9 Å². The molecular weight excluding hydrogens is 196 g/mol. The van der Waals surface area contributed by atoms with Crippen molar-refractivity contribution in [3.05, 3.63) is 34.9 Å². The van der Waals surface area contributed by atoms with Crippen LogP contribution in [0.15, 0.2) is 18.2 Å². The number of terminal acetylenes is 1. The fourth-order valence-electron chi connectivity index (χ4n) is 2.45. The molecule has 0 radical (unpaired) electrons. The molecule has 16 heavy (non-hydrogen) atoms. The van der Waals surface area contributed by atoms with Gasteiger partial charge in [-0.1, -0.05) is 30.7 Å². The topological polar surface area (TPSA) is 17.1 Å². The summed E-state index contributed by atoms with van der Waals surface area (Å²) in [5.41, 5.74) is 3.31. The van der Waals surface area contributed by atoms with Crippen LogP contribution in [0, 0.1) is 31.1 Å². The van der Waals surface area contributed by atoms with E-state index in [-0.39, 0.29) is 17.6 Å². The number of rotatable bonds is 2. The molecule has 0 bridgehead atoms. The Morgan fingerprint density at radius 3 is 3.00 bits per heavy atom. The summed E-state index contributed by atoms with van der Waals surface area (Å²) in [5.74, 6) is 3.30. The fraction of sp³-hybridized carbons (Fsp3) is 0.400. The number of carbonyl (C=O) groups is 1. The molecular formula is C15H16O. The molecule has 0 amide bonds. The van der Waals surface area contributed by atoms with Crippen LogP contribution in [0.5, 0.6) is 0 Å². The number of carbonyl (C=O) groups excluding carboxylic acids is 1. The molecule has 2 rings (SSSR count).